The van der Waals surface area contributed by atoms with Gasteiger partial charge in [-0.15, -0.1) is 0 Å². The third-order valence-corrected chi connectivity index (χ3v) is 2.58. The van der Waals surface area contributed by atoms with Crippen LogP contribution in [0.3, 0.4) is 0 Å². The predicted octanol–water partition coefficient (Wildman–Crippen LogP) is 2.69. The Morgan fingerprint density at radius 3 is 3.00 bits per heavy atom. The molecule has 0 N–H and O–H groups in total. The second-order valence-electron chi connectivity index (χ2n) is 3.62. The number of rotatable bonds is 2. The van der Waals surface area contributed by atoms with Crippen LogP contribution in [0.5, 0.6) is 0 Å². The summed E-state index contributed by atoms with van der Waals surface area (Å²) in [5.74, 6) is 0.393. The molecule has 1 aliphatic rings. The molecule has 0 aromatic carbocycles. The summed E-state index contributed by atoms with van der Waals surface area (Å²) in [5.41, 5.74) is 1.27. The molecule has 74 valence electrons. The summed E-state index contributed by atoms with van der Waals surface area (Å²) in [5, 5.41) is 0. The van der Waals surface area contributed by atoms with Crippen molar-refractivity contribution in [3.8, 4) is 0 Å². The molecule has 1 atom stereocenters. The molecule has 13 heavy (non-hydrogen) atoms. The van der Waals surface area contributed by atoms with Crippen LogP contribution >= 0.6 is 0 Å². The van der Waals surface area contributed by atoms with Crippen LogP contribution < -0.4 is 0 Å². The Kier molecular flexibility index (Phi) is 4.00. The minimum Gasteiger partial charge on any atom is -0.463 e. The molecule has 0 spiro atoms. The van der Waals surface area contributed by atoms with E-state index in [-0.39, 0.29) is 5.97 Å². The maximum absolute atomic E-state index is 11.2. The van der Waals surface area contributed by atoms with E-state index in [1.165, 1.54) is 24.8 Å². The van der Waals surface area contributed by atoms with Crippen LogP contribution in [0.4, 0.5) is 0 Å². The van der Waals surface area contributed by atoms with Crippen molar-refractivity contribution in [1.29, 1.82) is 0 Å². The van der Waals surface area contributed by atoms with Crippen molar-refractivity contribution in [3.63, 3.8) is 0 Å². The molecular formula is C11H18O2. The Balaban J connectivity index is 2.52. The molecule has 0 aliphatic heterocycles. The van der Waals surface area contributed by atoms with Gasteiger partial charge in [-0.2, -0.15) is 0 Å². The SMILES string of the molecule is CCOC(=O)/C=C1/CCCCC1C. The summed E-state index contributed by atoms with van der Waals surface area (Å²) in [7, 11) is 0. The summed E-state index contributed by atoms with van der Waals surface area (Å²) in [6, 6.07) is 0. The molecule has 0 heterocycles. The number of carbonyl (C=O) groups is 1. The molecule has 0 aromatic rings. The van der Waals surface area contributed by atoms with E-state index in [2.05, 4.69) is 6.92 Å². The lowest BCUT2D eigenvalue weighted by Crippen LogP contribution is -2.09. The van der Waals surface area contributed by atoms with E-state index in [4.69, 9.17) is 4.74 Å². The van der Waals surface area contributed by atoms with Crippen molar-refractivity contribution >= 4 is 5.97 Å². The molecule has 0 aromatic heterocycles. The quantitative estimate of drug-likeness (QED) is 0.485. The van der Waals surface area contributed by atoms with Gasteiger partial charge < -0.3 is 4.74 Å². The average molecular weight is 182 g/mol. The van der Waals surface area contributed by atoms with Crippen LogP contribution in [0.15, 0.2) is 11.6 Å². The van der Waals surface area contributed by atoms with E-state index in [0.717, 1.165) is 6.42 Å². The molecule has 1 unspecified atom stereocenters. The average Bonchev–Trinajstić information content (AvgIpc) is 2.09. The van der Waals surface area contributed by atoms with E-state index < -0.39 is 0 Å². The van der Waals surface area contributed by atoms with Gasteiger partial charge in [-0.25, -0.2) is 4.79 Å². The van der Waals surface area contributed by atoms with Crippen LogP contribution in [0, 0.1) is 5.92 Å². The van der Waals surface area contributed by atoms with Crippen molar-refractivity contribution in [1.82, 2.24) is 0 Å². The minimum atomic E-state index is -0.175. The number of hydrogen-bond donors (Lipinski definition) is 0. The fraction of sp³-hybridized carbons (Fsp3) is 0.727. The fourth-order valence-electron chi connectivity index (χ4n) is 1.76. The molecular weight excluding hydrogens is 164 g/mol. The summed E-state index contributed by atoms with van der Waals surface area (Å²) in [6.07, 6.45) is 6.48. The van der Waals surface area contributed by atoms with Gasteiger partial charge in [0.05, 0.1) is 6.61 Å². The highest BCUT2D eigenvalue weighted by molar-refractivity contribution is 5.82. The van der Waals surface area contributed by atoms with Crippen molar-refractivity contribution in [2.75, 3.05) is 6.61 Å². The first-order valence-electron chi connectivity index (χ1n) is 5.11. The maximum Gasteiger partial charge on any atom is 0.330 e. The molecule has 0 amide bonds. The standard InChI is InChI=1S/C11H18O2/c1-3-13-11(12)8-10-7-5-4-6-9(10)2/h8-9H,3-7H2,1-2H3/b10-8-. The van der Waals surface area contributed by atoms with Crippen molar-refractivity contribution in [2.24, 2.45) is 5.92 Å². The van der Waals surface area contributed by atoms with E-state index in [1.54, 1.807) is 6.08 Å². The minimum absolute atomic E-state index is 0.175. The molecule has 1 aliphatic carbocycles. The normalized spacial score (nSPS) is 26.0. The van der Waals surface area contributed by atoms with Gasteiger partial charge in [-0.05, 0) is 32.1 Å². The molecule has 0 saturated heterocycles. The van der Waals surface area contributed by atoms with Gasteiger partial charge >= 0.3 is 5.97 Å². The van der Waals surface area contributed by atoms with Crippen LogP contribution in [0.2, 0.25) is 0 Å². The first-order chi connectivity index (χ1) is 6.24. The van der Waals surface area contributed by atoms with E-state index in [0.29, 0.717) is 12.5 Å². The lowest BCUT2D eigenvalue weighted by atomic mass is 9.85. The Morgan fingerprint density at radius 1 is 1.62 bits per heavy atom. The van der Waals surface area contributed by atoms with Crippen molar-refractivity contribution < 1.29 is 9.53 Å². The second-order valence-corrected chi connectivity index (χ2v) is 3.62. The predicted molar refractivity (Wildman–Crippen MR) is 52.3 cm³/mol. The highest BCUT2D eigenvalue weighted by atomic mass is 16.5. The van der Waals surface area contributed by atoms with Gasteiger partial charge in [-0.1, -0.05) is 18.9 Å². The summed E-state index contributed by atoms with van der Waals surface area (Å²) in [4.78, 5) is 11.2. The zero-order chi connectivity index (χ0) is 9.68. The maximum atomic E-state index is 11.2. The molecule has 0 bridgehead atoms. The van der Waals surface area contributed by atoms with E-state index >= 15 is 0 Å². The van der Waals surface area contributed by atoms with Gasteiger partial charge in [0.2, 0.25) is 0 Å². The van der Waals surface area contributed by atoms with Crippen molar-refractivity contribution in [2.45, 2.75) is 39.5 Å². The van der Waals surface area contributed by atoms with Gasteiger partial charge in [0, 0.05) is 6.08 Å². The van der Waals surface area contributed by atoms with Gasteiger partial charge in [0.25, 0.3) is 0 Å². The van der Waals surface area contributed by atoms with Crippen molar-refractivity contribution in [3.05, 3.63) is 11.6 Å². The van der Waals surface area contributed by atoms with E-state index in [1.807, 2.05) is 6.92 Å². The lowest BCUT2D eigenvalue weighted by Gasteiger charge is -2.21. The third kappa shape index (κ3) is 3.21. The smallest absolute Gasteiger partial charge is 0.330 e. The Hall–Kier alpha value is -0.790. The van der Waals surface area contributed by atoms with Gasteiger partial charge in [0.15, 0.2) is 0 Å². The number of ether oxygens (including phenoxy) is 1. The number of esters is 1. The van der Waals surface area contributed by atoms with Crippen LogP contribution in [0.25, 0.3) is 0 Å². The highest BCUT2D eigenvalue weighted by Gasteiger charge is 2.15. The Labute approximate surface area is 80.0 Å². The van der Waals surface area contributed by atoms with Gasteiger partial charge in [-0.3, -0.25) is 0 Å². The second kappa shape index (κ2) is 5.05. The lowest BCUT2D eigenvalue weighted by molar-refractivity contribution is -0.137. The topological polar surface area (TPSA) is 26.3 Å². The summed E-state index contributed by atoms with van der Waals surface area (Å²) < 4.78 is 4.88. The molecule has 1 saturated carbocycles. The monoisotopic (exact) mass is 182 g/mol. The van der Waals surface area contributed by atoms with Crippen LogP contribution in [-0.4, -0.2) is 12.6 Å². The first kappa shape index (κ1) is 10.3. The summed E-state index contributed by atoms with van der Waals surface area (Å²) in [6.45, 7) is 4.49. The molecule has 2 heteroatoms. The highest BCUT2D eigenvalue weighted by Crippen LogP contribution is 2.28. The van der Waals surface area contributed by atoms with Crippen LogP contribution in [-0.2, 0) is 9.53 Å². The Morgan fingerprint density at radius 2 is 2.38 bits per heavy atom. The van der Waals surface area contributed by atoms with Gasteiger partial charge in [0.1, 0.15) is 0 Å². The molecule has 1 fully saturated rings. The number of hydrogen-bond acceptors (Lipinski definition) is 2. The number of carbonyl (C=O) groups excluding carboxylic acids is 1. The molecule has 2 nitrogen and oxygen atoms in total. The first-order valence-corrected chi connectivity index (χ1v) is 5.11. The van der Waals surface area contributed by atoms with E-state index in [9.17, 15) is 4.79 Å². The molecule has 1 rings (SSSR count). The Bertz CT molecular complexity index is 206. The zero-order valence-electron chi connectivity index (χ0n) is 8.51. The zero-order valence-corrected chi connectivity index (χ0v) is 8.51. The fourth-order valence-corrected chi connectivity index (χ4v) is 1.76. The third-order valence-electron chi connectivity index (χ3n) is 2.58. The largest absolute Gasteiger partial charge is 0.463 e. The number of allylic oxidation sites excluding steroid dienone is 1. The van der Waals surface area contributed by atoms with Crippen LogP contribution in [0.1, 0.15) is 39.5 Å². The molecule has 0 radical (unpaired) electrons. The summed E-state index contributed by atoms with van der Waals surface area (Å²) >= 11 is 0.